The molecule has 1 atom stereocenters. The maximum Gasteiger partial charge on any atom is 0.408 e. The van der Waals surface area contributed by atoms with Crippen LogP contribution >= 0.6 is 0 Å². The Morgan fingerprint density at radius 3 is 2.26 bits per heavy atom. The van der Waals surface area contributed by atoms with Gasteiger partial charge in [-0.1, -0.05) is 86.7 Å². The highest BCUT2D eigenvalue weighted by Crippen LogP contribution is 2.27. The van der Waals surface area contributed by atoms with Crippen LogP contribution in [0.4, 0.5) is 4.79 Å². The summed E-state index contributed by atoms with van der Waals surface area (Å²) in [6.07, 6.45) is 4.39. The fourth-order valence-electron chi connectivity index (χ4n) is 4.23. The number of nitrogens with zero attached hydrogens (tertiary/aromatic N) is 1. The van der Waals surface area contributed by atoms with Crippen LogP contribution in [0.1, 0.15) is 88.1 Å². The number of ether oxygens (including phenoxy) is 1. The van der Waals surface area contributed by atoms with E-state index < -0.39 is 17.7 Å². The minimum atomic E-state index is -0.822. The number of carbonyl (C=O) groups is 3. The number of amides is 3. The van der Waals surface area contributed by atoms with Gasteiger partial charge < -0.3 is 20.3 Å². The molecule has 7 heteroatoms. The molecule has 0 aliphatic rings. The molecule has 0 bridgehead atoms. The smallest absolute Gasteiger partial charge is 0.408 e. The van der Waals surface area contributed by atoms with Crippen molar-refractivity contribution in [2.75, 3.05) is 13.1 Å². The van der Waals surface area contributed by atoms with Crippen molar-refractivity contribution < 1.29 is 19.1 Å². The highest BCUT2D eigenvalue weighted by molar-refractivity contribution is 5.90. The lowest BCUT2D eigenvalue weighted by atomic mass is 9.96. The highest BCUT2D eigenvalue weighted by Gasteiger charge is 2.32. The molecule has 0 heterocycles. The number of carbonyl (C=O) groups excluding carboxylic acids is 3. The van der Waals surface area contributed by atoms with Crippen molar-refractivity contribution in [2.45, 2.75) is 91.8 Å². The summed E-state index contributed by atoms with van der Waals surface area (Å²) in [5, 5.41) is 5.62. The first-order valence-corrected chi connectivity index (χ1v) is 13.7. The summed E-state index contributed by atoms with van der Waals surface area (Å²) in [5.74, 6) is -0.575. The molecule has 0 aliphatic heterocycles. The normalized spacial score (nSPS) is 11.9. The molecule has 7 nitrogen and oxygen atoms in total. The number of hydrogen-bond donors (Lipinski definition) is 2. The Morgan fingerprint density at radius 1 is 0.921 bits per heavy atom. The second-order valence-corrected chi connectivity index (χ2v) is 10.8. The van der Waals surface area contributed by atoms with Gasteiger partial charge in [0.1, 0.15) is 18.2 Å². The summed E-state index contributed by atoms with van der Waals surface area (Å²) in [5.41, 5.74) is 3.03. The first kappa shape index (κ1) is 30.9. The Labute approximate surface area is 228 Å². The van der Waals surface area contributed by atoms with Gasteiger partial charge in [0.05, 0.1) is 0 Å². The molecule has 38 heavy (non-hydrogen) atoms. The number of alkyl carbamates (subject to hydrolysis) is 1. The molecule has 0 fully saturated rings. The molecule has 2 aromatic carbocycles. The maximum absolute atomic E-state index is 13.8. The number of rotatable bonds is 13. The van der Waals surface area contributed by atoms with E-state index in [9.17, 15) is 14.4 Å². The van der Waals surface area contributed by atoms with Crippen molar-refractivity contribution >= 4 is 17.9 Å². The van der Waals surface area contributed by atoms with Gasteiger partial charge in [0.15, 0.2) is 0 Å². The Kier molecular flexibility index (Phi) is 12.3. The topological polar surface area (TPSA) is 87.7 Å². The molecule has 0 aliphatic carbocycles. The number of hydrogen-bond acceptors (Lipinski definition) is 4. The molecule has 0 radical (unpaired) electrons. The Morgan fingerprint density at radius 2 is 1.61 bits per heavy atom. The van der Waals surface area contributed by atoms with Gasteiger partial charge in [-0.15, -0.1) is 0 Å². The van der Waals surface area contributed by atoms with Gasteiger partial charge >= 0.3 is 6.09 Å². The molecule has 2 rings (SSSR count). The second kappa shape index (κ2) is 15.2. The van der Waals surface area contributed by atoms with Crippen LogP contribution in [-0.4, -0.2) is 41.5 Å². The SMILES string of the molecule is CCCCCCCN(C(=O)CNC(=O)OC(C)(C)C)C(C(=O)NCc1ccccc1)c1cc(C)ccc1C. The molecule has 0 saturated carbocycles. The van der Waals surface area contributed by atoms with E-state index in [1.54, 1.807) is 25.7 Å². The van der Waals surface area contributed by atoms with Crippen molar-refractivity contribution in [3.05, 3.63) is 70.8 Å². The van der Waals surface area contributed by atoms with Crippen molar-refractivity contribution in [2.24, 2.45) is 0 Å². The van der Waals surface area contributed by atoms with Gasteiger partial charge in [-0.05, 0) is 57.7 Å². The van der Waals surface area contributed by atoms with Gasteiger partial charge in [-0.2, -0.15) is 0 Å². The van der Waals surface area contributed by atoms with Crippen LogP contribution in [0.3, 0.4) is 0 Å². The van der Waals surface area contributed by atoms with Gasteiger partial charge in [0.2, 0.25) is 11.8 Å². The number of benzene rings is 2. The summed E-state index contributed by atoms with van der Waals surface area (Å²) >= 11 is 0. The zero-order valence-electron chi connectivity index (χ0n) is 23.9. The van der Waals surface area contributed by atoms with Crippen LogP contribution in [0, 0.1) is 13.8 Å². The Hall–Kier alpha value is -3.35. The minimum Gasteiger partial charge on any atom is -0.444 e. The van der Waals surface area contributed by atoms with Crippen LogP contribution in [-0.2, 0) is 20.9 Å². The predicted molar refractivity (Wildman–Crippen MR) is 152 cm³/mol. The molecule has 0 saturated heterocycles. The lowest BCUT2D eigenvalue weighted by Gasteiger charge is -2.33. The third-order valence-corrected chi connectivity index (χ3v) is 6.20. The molecular weight excluding hydrogens is 478 g/mol. The Bertz CT molecular complexity index is 1050. The molecule has 2 aromatic rings. The van der Waals surface area contributed by atoms with Crippen molar-refractivity contribution in [3.8, 4) is 0 Å². The quantitative estimate of drug-likeness (QED) is 0.316. The highest BCUT2D eigenvalue weighted by atomic mass is 16.6. The van der Waals surface area contributed by atoms with Gasteiger partial charge in [0.25, 0.3) is 0 Å². The minimum absolute atomic E-state index is 0.248. The lowest BCUT2D eigenvalue weighted by Crippen LogP contribution is -2.48. The molecule has 3 amide bonds. The first-order chi connectivity index (χ1) is 18.0. The maximum atomic E-state index is 13.8. The van der Waals surface area contributed by atoms with E-state index in [1.165, 1.54) is 0 Å². The number of unbranched alkanes of at least 4 members (excludes halogenated alkanes) is 4. The second-order valence-electron chi connectivity index (χ2n) is 10.8. The van der Waals surface area contributed by atoms with Crippen LogP contribution in [0.2, 0.25) is 0 Å². The summed E-state index contributed by atoms with van der Waals surface area (Å²) < 4.78 is 5.31. The average Bonchev–Trinajstić information content (AvgIpc) is 2.86. The summed E-state index contributed by atoms with van der Waals surface area (Å²) in [4.78, 5) is 41.3. The molecule has 0 aromatic heterocycles. The average molecular weight is 524 g/mol. The van der Waals surface area contributed by atoms with E-state index in [0.717, 1.165) is 54.4 Å². The van der Waals surface area contributed by atoms with Crippen molar-refractivity contribution in [1.29, 1.82) is 0 Å². The molecule has 208 valence electrons. The van der Waals surface area contributed by atoms with Crippen LogP contribution in [0.5, 0.6) is 0 Å². The van der Waals surface area contributed by atoms with E-state index in [1.807, 2.05) is 62.4 Å². The van der Waals surface area contributed by atoms with E-state index in [0.29, 0.717) is 13.1 Å². The standard InChI is InChI=1S/C31H45N3O4/c1-7-8-9-10-14-19-34(27(35)22-33-30(37)38-31(4,5)6)28(26-20-23(2)17-18-24(26)3)29(36)32-21-25-15-12-11-13-16-25/h11-13,15-18,20,28H,7-10,14,19,21-22H2,1-6H3,(H,32,36)(H,33,37). The monoisotopic (exact) mass is 523 g/mol. The summed E-state index contributed by atoms with van der Waals surface area (Å²) in [7, 11) is 0. The largest absolute Gasteiger partial charge is 0.444 e. The molecule has 1 unspecified atom stereocenters. The van der Waals surface area contributed by atoms with Crippen molar-refractivity contribution in [1.82, 2.24) is 15.5 Å². The first-order valence-electron chi connectivity index (χ1n) is 13.7. The van der Waals surface area contributed by atoms with E-state index >= 15 is 0 Å². The van der Waals surface area contributed by atoms with E-state index in [2.05, 4.69) is 17.6 Å². The third-order valence-electron chi connectivity index (χ3n) is 6.20. The van der Waals surface area contributed by atoms with Gasteiger partial charge in [-0.3, -0.25) is 9.59 Å². The predicted octanol–water partition coefficient (Wildman–Crippen LogP) is 5.98. The number of aryl methyl sites for hydroxylation is 2. The fraction of sp³-hybridized carbons (Fsp3) is 0.516. The molecule has 0 spiro atoms. The van der Waals surface area contributed by atoms with E-state index in [4.69, 9.17) is 4.74 Å². The van der Waals surface area contributed by atoms with Gasteiger partial charge in [0, 0.05) is 13.1 Å². The van der Waals surface area contributed by atoms with Gasteiger partial charge in [-0.25, -0.2) is 4.79 Å². The van der Waals surface area contributed by atoms with Crippen LogP contribution < -0.4 is 10.6 Å². The van der Waals surface area contributed by atoms with Crippen LogP contribution in [0.15, 0.2) is 48.5 Å². The molecule has 2 N–H and O–H groups in total. The van der Waals surface area contributed by atoms with Crippen molar-refractivity contribution in [3.63, 3.8) is 0 Å². The third kappa shape index (κ3) is 10.6. The summed E-state index contributed by atoms with van der Waals surface area (Å²) in [6.45, 7) is 11.9. The lowest BCUT2D eigenvalue weighted by molar-refractivity contribution is -0.140. The zero-order valence-corrected chi connectivity index (χ0v) is 23.9. The van der Waals surface area contributed by atoms with E-state index in [-0.39, 0.29) is 18.4 Å². The fourth-order valence-corrected chi connectivity index (χ4v) is 4.23. The Balaban J connectivity index is 2.34. The van der Waals surface area contributed by atoms with Crippen LogP contribution in [0.25, 0.3) is 0 Å². The number of nitrogens with one attached hydrogen (secondary N) is 2. The zero-order chi connectivity index (χ0) is 28.1. The molecular formula is C31H45N3O4. The summed E-state index contributed by atoms with van der Waals surface area (Å²) in [6, 6.07) is 14.8.